The summed E-state index contributed by atoms with van der Waals surface area (Å²) < 4.78 is 9.82. The average Bonchev–Trinajstić information content (AvgIpc) is 2.32. The highest BCUT2D eigenvalue weighted by atomic mass is 16.5. The zero-order chi connectivity index (χ0) is 12.6. The Morgan fingerprint density at radius 2 is 2.12 bits per heavy atom. The maximum absolute atomic E-state index is 11.6. The van der Waals surface area contributed by atoms with Crippen LogP contribution in [0.2, 0.25) is 0 Å². The molecule has 1 unspecified atom stereocenters. The lowest BCUT2D eigenvalue weighted by molar-refractivity contribution is -0.143. The number of rotatable bonds is 7. The smallest absolute Gasteiger partial charge is 0.330 e. The van der Waals surface area contributed by atoms with Crippen molar-refractivity contribution in [1.29, 1.82) is 0 Å². The first kappa shape index (κ1) is 14.6. The number of hydrogen-bond acceptors (Lipinski definition) is 4. The molecular weight excluding hydrogens is 210 g/mol. The second-order valence-electron chi connectivity index (χ2n) is 3.42. The standard InChI is InChI=1S/C11H19NO4/c1-5-9(13)16-8-7-12-10(14)11(3,6-2)15-4/h5H,1,6-8H2,2-4H3,(H,12,14). The van der Waals surface area contributed by atoms with Crippen LogP contribution in [0.5, 0.6) is 0 Å². The summed E-state index contributed by atoms with van der Waals surface area (Å²) in [6.07, 6.45) is 1.65. The van der Waals surface area contributed by atoms with Gasteiger partial charge in [0, 0.05) is 13.2 Å². The first-order chi connectivity index (χ1) is 7.50. The lowest BCUT2D eigenvalue weighted by Crippen LogP contribution is -2.46. The molecule has 1 amide bonds. The summed E-state index contributed by atoms with van der Waals surface area (Å²) >= 11 is 0. The normalized spacial score (nSPS) is 13.7. The van der Waals surface area contributed by atoms with Gasteiger partial charge in [0.25, 0.3) is 5.91 Å². The van der Waals surface area contributed by atoms with Crippen LogP contribution >= 0.6 is 0 Å². The summed E-state index contributed by atoms with van der Waals surface area (Å²) in [5.41, 5.74) is -0.831. The average molecular weight is 229 g/mol. The first-order valence-electron chi connectivity index (χ1n) is 5.12. The molecule has 0 heterocycles. The van der Waals surface area contributed by atoms with Gasteiger partial charge in [0.1, 0.15) is 12.2 Å². The van der Waals surface area contributed by atoms with Gasteiger partial charge < -0.3 is 14.8 Å². The Balaban J connectivity index is 3.89. The Morgan fingerprint density at radius 3 is 2.56 bits per heavy atom. The Kier molecular flexibility index (Phi) is 6.41. The minimum Gasteiger partial charge on any atom is -0.461 e. The molecule has 1 N–H and O–H groups in total. The number of methoxy groups -OCH3 is 1. The van der Waals surface area contributed by atoms with Gasteiger partial charge in [-0.3, -0.25) is 4.79 Å². The van der Waals surface area contributed by atoms with E-state index in [9.17, 15) is 9.59 Å². The molecule has 5 nitrogen and oxygen atoms in total. The number of carbonyl (C=O) groups is 2. The number of nitrogens with one attached hydrogen (secondary N) is 1. The monoisotopic (exact) mass is 229 g/mol. The second-order valence-corrected chi connectivity index (χ2v) is 3.42. The Hall–Kier alpha value is -1.36. The van der Waals surface area contributed by atoms with E-state index in [4.69, 9.17) is 9.47 Å². The topological polar surface area (TPSA) is 64.6 Å². The van der Waals surface area contributed by atoms with Crippen molar-refractivity contribution in [3.05, 3.63) is 12.7 Å². The van der Waals surface area contributed by atoms with Crippen molar-refractivity contribution >= 4 is 11.9 Å². The van der Waals surface area contributed by atoms with Gasteiger partial charge in [0.05, 0.1) is 6.54 Å². The fraction of sp³-hybridized carbons (Fsp3) is 0.636. The quantitative estimate of drug-likeness (QED) is 0.395. The number of carbonyl (C=O) groups excluding carboxylic acids is 2. The molecule has 0 saturated carbocycles. The fourth-order valence-corrected chi connectivity index (χ4v) is 0.960. The van der Waals surface area contributed by atoms with Gasteiger partial charge in [-0.25, -0.2) is 4.79 Å². The van der Waals surface area contributed by atoms with E-state index in [1.807, 2.05) is 6.92 Å². The van der Waals surface area contributed by atoms with Crippen LogP contribution in [0.4, 0.5) is 0 Å². The molecule has 0 aliphatic heterocycles. The summed E-state index contributed by atoms with van der Waals surface area (Å²) in [5.74, 6) is -0.716. The molecule has 0 aromatic heterocycles. The van der Waals surface area contributed by atoms with E-state index >= 15 is 0 Å². The summed E-state index contributed by atoms with van der Waals surface area (Å²) in [6.45, 7) is 7.21. The molecular formula is C11H19NO4. The summed E-state index contributed by atoms with van der Waals surface area (Å²) in [6, 6.07) is 0. The number of hydrogen-bond donors (Lipinski definition) is 1. The van der Waals surface area contributed by atoms with E-state index in [0.717, 1.165) is 6.08 Å². The highest BCUT2D eigenvalue weighted by molar-refractivity contribution is 5.84. The Labute approximate surface area is 95.8 Å². The molecule has 0 radical (unpaired) electrons. The third-order valence-electron chi connectivity index (χ3n) is 2.40. The molecule has 0 saturated heterocycles. The van der Waals surface area contributed by atoms with E-state index in [-0.39, 0.29) is 19.1 Å². The number of ether oxygens (including phenoxy) is 2. The largest absolute Gasteiger partial charge is 0.461 e. The van der Waals surface area contributed by atoms with Gasteiger partial charge in [0.15, 0.2) is 0 Å². The SMILES string of the molecule is C=CC(=O)OCCNC(=O)C(C)(CC)OC. The van der Waals surface area contributed by atoms with E-state index in [2.05, 4.69) is 11.9 Å². The predicted octanol–water partition coefficient (Wildman–Crippen LogP) is 0.647. The number of esters is 1. The molecule has 0 aliphatic rings. The highest BCUT2D eigenvalue weighted by Gasteiger charge is 2.30. The molecule has 0 aliphatic carbocycles. The van der Waals surface area contributed by atoms with Crippen LogP contribution in [-0.2, 0) is 19.1 Å². The molecule has 92 valence electrons. The number of amides is 1. The van der Waals surface area contributed by atoms with E-state index in [0.29, 0.717) is 6.42 Å². The zero-order valence-electron chi connectivity index (χ0n) is 10.0. The minimum atomic E-state index is -0.831. The summed E-state index contributed by atoms with van der Waals surface area (Å²) in [4.78, 5) is 22.3. The Bertz CT molecular complexity index is 259. The molecule has 0 bridgehead atoms. The molecule has 0 aromatic rings. The van der Waals surface area contributed by atoms with Crippen molar-refractivity contribution in [2.75, 3.05) is 20.3 Å². The van der Waals surface area contributed by atoms with E-state index in [1.165, 1.54) is 7.11 Å². The van der Waals surface area contributed by atoms with Gasteiger partial charge in [0.2, 0.25) is 0 Å². The van der Waals surface area contributed by atoms with Crippen molar-refractivity contribution in [3.8, 4) is 0 Å². The van der Waals surface area contributed by atoms with Gasteiger partial charge >= 0.3 is 5.97 Å². The Morgan fingerprint density at radius 1 is 1.50 bits per heavy atom. The van der Waals surface area contributed by atoms with E-state index in [1.54, 1.807) is 6.92 Å². The molecule has 16 heavy (non-hydrogen) atoms. The minimum absolute atomic E-state index is 0.125. The van der Waals surface area contributed by atoms with Crippen LogP contribution in [0.1, 0.15) is 20.3 Å². The summed E-state index contributed by atoms with van der Waals surface area (Å²) in [7, 11) is 1.49. The van der Waals surface area contributed by atoms with Crippen LogP contribution in [-0.4, -0.2) is 37.7 Å². The second kappa shape index (κ2) is 7.00. The molecule has 0 fully saturated rings. The lowest BCUT2D eigenvalue weighted by Gasteiger charge is -2.25. The van der Waals surface area contributed by atoms with Crippen LogP contribution in [0.25, 0.3) is 0 Å². The van der Waals surface area contributed by atoms with Crippen LogP contribution < -0.4 is 5.32 Å². The lowest BCUT2D eigenvalue weighted by atomic mass is 10.0. The van der Waals surface area contributed by atoms with Crippen molar-refractivity contribution in [2.24, 2.45) is 0 Å². The van der Waals surface area contributed by atoms with Crippen LogP contribution in [0, 0.1) is 0 Å². The van der Waals surface area contributed by atoms with Crippen molar-refractivity contribution in [3.63, 3.8) is 0 Å². The molecule has 5 heteroatoms. The van der Waals surface area contributed by atoms with Crippen molar-refractivity contribution in [1.82, 2.24) is 5.32 Å². The zero-order valence-corrected chi connectivity index (χ0v) is 10.0. The molecule has 0 rings (SSSR count). The maximum Gasteiger partial charge on any atom is 0.330 e. The van der Waals surface area contributed by atoms with Gasteiger partial charge in [-0.05, 0) is 13.3 Å². The fourth-order valence-electron chi connectivity index (χ4n) is 0.960. The maximum atomic E-state index is 11.6. The van der Waals surface area contributed by atoms with Crippen molar-refractivity contribution < 1.29 is 19.1 Å². The van der Waals surface area contributed by atoms with E-state index < -0.39 is 11.6 Å². The summed E-state index contributed by atoms with van der Waals surface area (Å²) in [5, 5.41) is 2.63. The highest BCUT2D eigenvalue weighted by Crippen LogP contribution is 2.13. The third-order valence-corrected chi connectivity index (χ3v) is 2.40. The first-order valence-corrected chi connectivity index (χ1v) is 5.12. The van der Waals surface area contributed by atoms with Gasteiger partial charge in [-0.1, -0.05) is 13.5 Å². The predicted molar refractivity (Wildman–Crippen MR) is 59.9 cm³/mol. The molecule has 1 atom stereocenters. The van der Waals surface area contributed by atoms with Gasteiger partial charge in [-0.15, -0.1) is 0 Å². The van der Waals surface area contributed by atoms with Crippen molar-refractivity contribution in [2.45, 2.75) is 25.9 Å². The third kappa shape index (κ3) is 4.44. The molecule has 0 spiro atoms. The molecule has 0 aromatic carbocycles. The van der Waals surface area contributed by atoms with Gasteiger partial charge in [-0.2, -0.15) is 0 Å². The van der Waals surface area contributed by atoms with Crippen LogP contribution in [0.15, 0.2) is 12.7 Å². The van der Waals surface area contributed by atoms with Crippen LogP contribution in [0.3, 0.4) is 0 Å².